The lowest BCUT2D eigenvalue weighted by molar-refractivity contribution is 0.226. The Labute approximate surface area is 131 Å². The standard InChI is InChI=1S/C15H25ClN4O/c1-11(2)10-20-15(21)14(16)13(9-18-20)17-8-12-4-6-19(3)7-5-12/h9,11-12,17H,4-8,10H2,1-3H3. The van der Waals surface area contributed by atoms with Crippen molar-refractivity contribution in [2.45, 2.75) is 33.2 Å². The quantitative estimate of drug-likeness (QED) is 0.906. The third kappa shape index (κ3) is 4.45. The molecule has 0 saturated carbocycles. The highest BCUT2D eigenvalue weighted by molar-refractivity contribution is 6.32. The third-order valence-electron chi connectivity index (χ3n) is 3.94. The average Bonchev–Trinajstić information content (AvgIpc) is 2.44. The first-order valence-electron chi connectivity index (χ1n) is 7.65. The lowest BCUT2D eigenvalue weighted by atomic mass is 9.97. The summed E-state index contributed by atoms with van der Waals surface area (Å²) < 4.78 is 1.44. The van der Waals surface area contributed by atoms with Crippen molar-refractivity contribution in [2.75, 3.05) is 32.0 Å². The fraction of sp³-hybridized carbons (Fsp3) is 0.733. The van der Waals surface area contributed by atoms with Crippen LogP contribution in [0.15, 0.2) is 11.0 Å². The van der Waals surface area contributed by atoms with E-state index in [1.165, 1.54) is 17.5 Å². The summed E-state index contributed by atoms with van der Waals surface area (Å²) in [5.74, 6) is 1.000. The number of nitrogens with zero attached hydrogens (tertiary/aromatic N) is 3. The molecule has 0 spiro atoms. The van der Waals surface area contributed by atoms with Gasteiger partial charge in [-0.1, -0.05) is 25.4 Å². The summed E-state index contributed by atoms with van der Waals surface area (Å²) in [5.41, 5.74) is 0.444. The largest absolute Gasteiger partial charge is 0.382 e. The van der Waals surface area contributed by atoms with E-state index < -0.39 is 0 Å². The highest BCUT2D eigenvalue weighted by atomic mass is 35.5. The SMILES string of the molecule is CC(C)Cn1ncc(NCC2CCN(C)CC2)c(Cl)c1=O. The van der Waals surface area contributed by atoms with Crippen molar-refractivity contribution in [3.63, 3.8) is 0 Å². The van der Waals surface area contributed by atoms with E-state index in [0.29, 0.717) is 24.1 Å². The summed E-state index contributed by atoms with van der Waals surface area (Å²) in [4.78, 5) is 14.5. The Morgan fingerprint density at radius 1 is 1.43 bits per heavy atom. The maximum atomic E-state index is 12.1. The molecule has 6 heteroatoms. The Morgan fingerprint density at radius 3 is 2.71 bits per heavy atom. The van der Waals surface area contributed by atoms with E-state index in [2.05, 4.69) is 22.4 Å². The molecule has 0 bridgehead atoms. The van der Waals surface area contributed by atoms with E-state index in [-0.39, 0.29) is 10.6 Å². The minimum atomic E-state index is -0.209. The predicted molar refractivity (Wildman–Crippen MR) is 87.1 cm³/mol. The zero-order valence-corrected chi connectivity index (χ0v) is 13.9. The molecule has 0 aromatic carbocycles. The van der Waals surface area contributed by atoms with Gasteiger partial charge in [0, 0.05) is 13.1 Å². The molecule has 118 valence electrons. The van der Waals surface area contributed by atoms with Gasteiger partial charge in [0.05, 0.1) is 11.9 Å². The van der Waals surface area contributed by atoms with Crippen LogP contribution in [0, 0.1) is 11.8 Å². The molecule has 0 amide bonds. The van der Waals surface area contributed by atoms with Gasteiger partial charge in [0.25, 0.3) is 5.56 Å². The summed E-state index contributed by atoms with van der Waals surface area (Å²) in [5, 5.41) is 7.75. The van der Waals surface area contributed by atoms with Gasteiger partial charge in [0.15, 0.2) is 0 Å². The summed E-state index contributed by atoms with van der Waals surface area (Å²) in [6.45, 7) is 7.81. The molecule has 0 radical (unpaired) electrons. The number of halogens is 1. The molecule has 5 nitrogen and oxygen atoms in total. The van der Waals surface area contributed by atoms with Gasteiger partial charge < -0.3 is 10.2 Å². The first-order chi connectivity index (χ1) is 9.97. The topological polar surface area (TPSA) is 50.2 Å². The normalized spacial score (nSPS) is 17.4. The summed E-state index contributed by atoms with van der Waals surface area (Å²) in [7, 11) is 2.15. The first kappa shape index (κ1) is 16.3. The summed E-state index contributed by atoms with van der Waals surface area (Å²) in [6.07, 6.45) is 4.03. The van der Waals surface area contributed by atoms with E-state index in [0.717, 1.165) is 19.6 Å². The van der Waals surface area contributed by atoms with Crippen LogP contribution in [0.2, 0.25) is 5.02 Å². The first-order valence-corrected chi connectivity index (χ1v) is 8.03. The zero-order valence-electron chi connectivity index (χ0n) is 13.1. The van der Waals surface area contributed by atoms with E-state index in [4.69, 9.17) is 11.6 Å². The van der Waals surface area contributed by atoms with Gasteiger partial charge in [0.2, 0.25) is 0 Å². The van der Waals surface area contributed by atoms with Gasteiger partial charge in [-0.15, -0.1) is 0 Å². The minimum Gasteiger partial charge on any atom is -0.382 e. The smallest absolute Gasteiger partial charge is 0.287 e. The monoisotopic (exact) mass is 312 g/mol. The zero-order chi connectivity index (χ0) is 15.4. The van der Waals surface area contributed by atoms with Crippen molar-refractivity contribution < 1.29 is 0 Å². The Hall–Kier alpha value is -1.07. The predicted octanol–water partition coefficient (Wildman–Crippen LogP) is 2.31. The van der Waals surface area contributed by atoms with Crippen LogP contribution >= 0.6 is 11.6 Å². The number of likely N-dealkylation sites (tertiary alicyclic amines) is 1. The summed E-state index contributed by atoms with van der Waals surface area (Å²) in [6, 6.07) is 0. The molecule has 1 aromatic rings. The second-order valence-corrected chi connectivity index (χ2v) is 6.76. The number of rotatable bonds is 5. The van der Waals surface area contributed by atoms with Crippen LogP contribution < -0.4 is 10.9 Å². The molecular weight excluding hydrogens is 288 g/mol. The second kappa shape index (κ2) is 7.27. The van der Waals surface area contributed by atoms with Crippen molar-refractivity contribution in [3.05, 3.63) is 21.6 Å². The van der Waals surface area contributed by atoms with Crippen LogP contribution in [0.5, 0.6) is 0 Å². The highest BCUT2D eigenvalue weighted by Crippen LogP contribution is 2.20. The molecule has 1 N–H and O–H groups in total. The molecule has 2 heterocycles. The number of hydrogen-bond acceptors (Lipinski definition) is 4. The fourth-order valence-electron chi connectivity index (χ4n) is 2.58. The van der Waals surface area contributed by atoms with Gasteiger partial charge in [-0.05, 0) is 44.8 Å². The number of hydrogen-bond donors (Lipinski definition) is 1. The molecule has 1 saturated heterocycles. The van der Waals surface area contributed by atoms with Gasteiger partial charge in [-0.2, -0.15) is 5.10 Å². The van der Waals surface area contributed by atoms with Crippen molar-refractivity contribution >= 4 is 17.3 Å². The molecule has 1 aromatic heterocycles. The van der Waals surface area contributed by atoms with E-state index in [9.17, 15) is 4.79 Å². The Balaban J connectivity index is 1.98. The fourth-order valence-corrected chi connectivity index (χ4v) is 2.80. The molecule has 0 atom stereocenters. The van der Waals surface area contributed by atoms with Crippen molar-refractivity contribution in [3.8, 4) is 0 Å². The number of aromatic nitrogens is 2. The van der Waals surface area contributed by atoms with Crippen LogP contribution in [0.4, 0.5) is 5.69 Å². The number of anilines is 1. The average molecular weight is 313 g/mol. The summed E-state index contributed by atoms with van der Waals surface area (Å²) >= 11 is 6.18. The lowest BCUT2D eigenvalue weighted by Crippen LogP contribution is -2.33. The Bertz CT molecular complexity index is 521. The lowest BCUT2D eigenvalue weighted by Gasteiger charge is -2.29. The molecule has 0 unspecified atom stereocenters. The van der Waals surface area contributed by atoms with Crippen LogP contribution in [-0.2, 0) is 6.54 Å². The van der Waals surface area contributed by atoms with Gasteiger partial charge >= 0.3 is 0 Å². The van der Waals surface area contributed by atoms with Gasteiger partial charge in [-0.25, -0.2) is 4.68 Å². The maximum absolute atomic E-state index is 12.1. The highest BCUT2D eigenvalue weighted by Gasteiger charge is 2.17. The van der Waals surface area contributed by atoms with E-state index in [1.807, 2.05) is 13.8 Å². The van der Waals surface area contributed by atoms with Crippen LogP contribution in [0.1, 0.15) is 26.7 Å². The third-order valence-corrected chi connectivity index (χ3v) is 4.31. The molecule has 0 aliphatic carbocycles. The molecule has 1 fully saturated rings. The Kier molecular flexibility index (Phi) is 5.65. The molecule has 1 aliphatic heterocycles. The Morgan fingerprint density at radius 2 is 2.10 bits per heavy atom. The molecular formula is C15H25ClN4O. The number of nitrogens with one attached hydrogen (secondary N) is 1. The van der Waals surface area contributed by atoms with Gasteiger partial charge in [-0.3, -0.25) is 4.79 Å². The second-order valence-electron chi connectivity index (χ2n) is 6.38. The molecule has 1 aliphatic rings. The molecule has 2 rings (SSSR count). The number of piperidine rings is 1. The van der Waals surface area contributed by atoms with Crippen molar-refractivity contribution in [2.24, 2.45) is 11.8 Å². The van der Waals surface area contributed by atoms with Crippen LogP contribution in [0.25, 0.3) is 0 Å². The van der Waals surface area contributed by atoms with Crippen molar-refractivity contribution in [1.29, 1.82) is 0 Å². The maximum Gasteiger partial charge on any atom is 0.287 e. The van der Waals surface area contributed by atoms with Crippen LogP contribution in [-0.4, -0.2) is 41.4 Å². The van der Waals surface area contributed by atoms with E-state index >= 15 is 0 Å². The molecule has 21 heavy (non-hydrogen) atoms. The van der Waals surface area contributed by atoms with Gasteiger partial charge in [0.1, 0.15) is 5.02 Å². The van der Waals surface area contributed by atoms with Crippen molar-refractivity contribution in [1.82, 2.24) is 14.7 Å². The van der Waals surface area contributed by atoms with Crippen LogP contribution in [0.3, 0.4) is 0 Å². The minimum absolute atomic E-state index is 0.209. The van der Waals surface area contributed by atoms with E-state index in [1.54, 1.807) is 6.20 Å².